The van der Waals surface area contributed by atoms with Crippen molar-refractivity contribution in [3.63, 3.8) is 0 Å². The van der Waals surface area contributed by atoms with Crippen LogP contribution in [0.3, 0.4) is 0 Å². The van der Waals surface area contributed by atoms with E-state index in [0.717, 1.165) is 0 Å². The summed E-state index contributed by atoms with van der Waals surface area (Å²) in [4.78, 5) is 21.8. The predicted molar refractivity (Wildman–Crippen MR) is 55.4 cm³/mol. The highest BCUT2D eigenvalue weighted by Crippen LogP contribution is 1.97. The number of hydrogen-bond donors (Lipinski definition) is 3. The number of rotatable bonds is 5. The number of ether oxygens (including phenoxy) is 1. The molecule has 7 heteroatoms. The van der Waals surface area contributed by atoms with Crippen LogP contribution in [-0.2, 0) is 14.3 Å². The van der Waals surface area contributed by atoms with Gasteiger partial charge in [0.2, 0.25) is 0 Å². The van der Waals surface area contributed by atoms with E-state index in [1.807, 2.05) is 0 Å². The number of morpholine rings is 1. The van der Waals surface area contributed by atoms with Gasteiger partial charge in [0.05, 0.1) is 19.3 Å². The molecule has 1 heterocycles. The lowest BCUT2D eigenvalue weighted by Gasteiger charge is -2.28. The van der Waals surface area contributed by atoms with Gasteiger partial charge in [-0.25, -0.2) is 5.01 Å². The zero-order valence-electron chi connectivity index (χ0n) is 9.02. The molecule has 1 amide bonds. The first-order valence-corrected chi connectivity index (χ1v) is 5.20. The molecule has 4 N–H and O–H groups in total. The lowest BCUT2D eigenvalue weighted by atomic mass is 10.1. The van der Waals surface area contributed by atoms with E-state index in [1.165, 1.54) is 0 Å². The van der Waals surface area contributed by atoms with Crippen LogP contribution in [0, 0.1) is 0 Å². The molecule has 1 aliphatic rings. The minimum atomic E-state index is -0.949. The molecular weight excluding hydrogens is 214 g/mol. The standard InChI is InChI=1S/C9H17N3O4/c10-7(1-2-8(13)14)9(15)11-12-3-5-16-6-4-12/h7H,1-6,10H2,(H,11,15)(H,13,14). The Kier molecular flexibility index (Phi) is 5.17. The first-order chi connectivity index (χ1) is 7.59. The Balaban J connectivity index is 2.24. The van der Waals surface area contributed by atoms with Crippen LogP contribution in [0.2, 0.25) is 0 Å². The van der Waals surface area contributed by atoms with Gasteiger partial charge in [0.25, 0.3) is 5.91 Å². The van der Waals surface area contributed by atoms with Crippen LogP contribution in [0.15, 0.2) is 0 Å². The number of carboxylic acid groups (broad SMARTS) is 1. The van der Waals surface area contributed by atoms with Crippen LogP contribution in [0.5, 0.6) is 0 Å². The maximum atomic E-state index is 11.5. The molecular formula is C9H17N3O4. The fourth-order valence-electron chi connectivity index (χ4n) is 1.32. The zero-order valence-corrected chi connectivity index (χ0v) is 9.02. The predicted octanol–water partition coefficient (Wildman–Crippen LogP) is -1.46. The van der Waals surface area contributed by atoms with E-state index in [1.54, 1.807) is 5.01 Å². The van der Waals surface area contributed by atoms with Gasteiger partial charge in [0.15, 0.2) is 0 Å². The molecule has 0 aromatic rings. The highest BCUT2D eigenvalue weighted by atomic mass is 16.5. The van der Waals surface area contributed by atoms with Crippen molar-refractivity contribution in [3.05, 3.63) is 0 Å². The molecule has 1 atom stereocenters. The summed E-state index contributed by atoms with van der Waals surface area (Å²) in [5.74, 6) is -1.29. The third-order valence-corrected chi connectivity index (χ3v) is 2.29. The highest BCUT2D eigenvalue weighted by Gasteiger charge is 2.18. The Morgan fingerprint density at radius 3 is 2.62 bits per heavy atom. The molecule has 1 fully saturated rings. The molecule has 7 nitrogen and oxygen atoms in total. The van der Waals surface area contributed by atoms with Gasteiger partial charge in [0, 0.05) is 19.5 Å². The summed E-state index contributed by atoms with van der Waals surface area (Å²) in [5.41, 5.74) is 8.19. The summed E-state index contributed by atoms with van der Waals surface area (Å²) < 4.78 is 5.12. The highest BCUT2D eigenvalue weighted by molar-refractivity contribution is 5.81. The number of nitrogens with one attached hydrogen (secondary N) is 1. The molecule has 92 valence electrons. The molecule has 1 saturated heterocycles. The van der Waals surface area contributed by atoms with Crippen molar-refractivity contribution < 1.29 is 19.4 Å². The number of carbonyl (C=O) groups is 2. The van der Waals surface area contributed by atoms with Crippen molar-refractivity contribution in [2.24, 2.45) is 5.73 Å². The molecule has 1 rings (SSSR count). The third-order valence-electron chi connectivity index (χ3n) is 2.29. The van der Waals surface area contributed by atoms with Crippen LogP contribution in [0.25, 0.3) is 0 Å². The van der Waals surface area contributed by atoms with E-state index in [-0.39, 0.29) is 18.7 Å². The van der Waals surface area contributed by atoms with E-state index in [9.17, 15) is 9.59 Å². The van der Waals surface area contributed by atoms with Gasteiger partial charge in [-0.2, -0.15) is 0 Å². The number of amides is 1. The minimum absolute atomic E-state index is 0.0995. The Morgan fingerprint density at radius 2 is 2.06 bits per heavy atom. The first kappa shape index (κ1) is 12.9. The summed E-state index contributed by atoms with van der Waals surface area (Å²) in [6.07, 6.45) is 0.0448. The molecule has 0 saturated carbocycles. The SMILES string of the molecule is NC(CCC(=O)O)C(=O)NN1CCOCC1. The van der Waals surface area contributed by atoms with Gasteiger partial charge in [-0.15, -0.1) is 0 Å². The van der Waals surface area contributed by atoms with Gasteiger partial charge in [-0.05, 0) is 6.42 Å². The van der Waals surface area contributed by atoms with Crippen molar-refractivity contribution in [2.75, 3.05) is 26.3 Å². The average molecular weight is 231 g/mol. The Hall–Kier alpha value is -1.18. The fraction of sp³-hybridized carbons (Fsp3) is 0.778. The van der Waals surface area contributed by atoms with Crippen molar-refractivity contribution in [3.8, 4) is 0 Å². The van der Waals surface area contributed by atoms with Crippen LogP contribution >= 0.6 is 0 Å². The molecule has 0 aliphatic carbocycles. The zero-order chi connectivity index (χ0) is 12.0. The summed E-state index contributed by atoms with van der Waals surface area (Å²) in [5, 5.41) is 10.2. The lowest BCUT2D eigenvalue weighted by molar-refractivity contribution is -0.137. The molecule has 0 spiro atoms. The number of aliphatic carboxylic acids is 1. The normalized spacial score (nSPS) is 19.1. The smallest absolute Gasteiger partial charge is 0.303 e. The van der Waals surface area contributed by atoms with Gasteiger partial charge in [0.1, 0.15) is 0 Å². The second kappa shape index (κ2) is 6.41. The summed E-state index contributed by atoms with van der Waals surface area (Å²) >= 11 is 0. The maximum absolute atomic E-state index is 11.5. The number of hydrazine groups is 1. The lowest BCUT2D eigenvalue weighted by Crippen LogP contribution is -2.53. The topological polar surface area (TPSA) is 105 Å². The van der Waals surface area contributed by atoms with Crippen molar-refractivity contribution in [1.82, 2.24) is 10.4 Å². The number of nitrogens with zero attached hydrogens (tertiary/aromatic N) is 1. The Labute approximate surface area is 93.5 Å². The fourth-order valence-corrected chi connectivity index (χ4v) is 1.32. The van der Waals surface area contributed by atoms with Gasteiger partial charge >= 0.3 is 5.97 Å². The number of carboxylic acids is 1. The van der Waals surface area contributed by atoms with E-state index < -0.39 is 12.0 Å². The van der Waals surface area contributed by atoms with Crippen LogP contribution in [0.4, 0.5) is 0 Å². The molecule has 1 aliphatic heterocycles. The molecule has 16 heavy (non-hydrogen) atoms. The molecule has 1 unspecified atom stereocenters. The van der Waals surface area contributed by atoms with Crippen LogP contribution in [0.1, 0.15) is 12.8 Å². The van der Waals surface area contributed by atoms with E-state index in [4.69, 9.17) is 15.6 Å². The number of carbonyl (C=O) groups excluding carboxylic acids is 1. The minimum Gasteiger partial charge on any atom is -0.481 e. The largest absolute Gasteiger partial charge is 0.481 e. The van der Waals surface area contributed by atoms with Crippen molar-refractivity contribution >= 4 is 11.9 Å². The Morgan fingerprint density at radius 1 is 1.44 bits per heavy atom. The first-order valence-electron chi connectivity index (χ1n) is 5.20. The van der Waals surface area contributed by atoms with E-state index in [2.05, 4.69) is 5.43 Å². The number of nitrogens with two attached hydrogens (primary N) is 1. The molecule has 0 radical (unpaired) electrons. The summed E-state index contributed by atoms with van der Waals surface area (Å²) in [7, 11) is 0. The van der Waals surface area contributed by atoms with E-state index >= 15 is 0 Å². The van der Waals surface area contributed by atoms with Crippen molar-refractivity contribution in [2.45, 2.75) is 18.9 Å². The molecule has 0 bridgehead atoms. The monoisotopic (exact) mass is 231 g/mol. The van der Waals surface area contributed by atoms with Gasteiger partial charge < -0.3 is 15.6 Å². The van der Waals surface area contributed by atoms with Gasteiger partial charge in [-0.3, -0.25) is 15.0 Å². The average Bonchev–Trinajstić information content (AvgIpc) is 2.27. The summed E-state index contributed by atoms with van der Waals surface area (Å²) in [6, 6.07) is -0.779. The van der Waals surface area contributed by atoms with Gasteiger partial charge in [-0.1, -0.05) is 0 Å². The Bertz CT molecular complexity index is 253. The summed E-state index contributed by atoms with van der Waals surface area (Å²) in [6.45, 7) is 2.39. The molecule has 0 aromatic carbocycles. The second-order valence-electron chi connectivity index (χ2n) is 3.61. The number of hydrogen-bond acceptors (Lipinski definition) is 5. The quantitative estimate of drug-likeness (QED) is 0.534. The van der Waals surface area contributed by atoms with Crippen LogP contribution < -0.4 is 11.2 Å². The maximum Gasteiger partial charge on any atom is 0.303 e. The van der Waals surface area contributed by atoms with Crippen molar-refractivity contribution in [1.29, 1.82) is 0 Å². The molecule has 0 aromatic heterocycles. The van der Waals surface area contributed by atoms with Crippen LogP contribution in [-0.4, -0.2) is 54.3 Å². The second-order valence-corrected chi connectivity index (χ2v) is 3.61. The third kappa shape index (κ3) is 4.56. The van der Waals surface area contributed by atoms with E-state index in [0.29, 0.717) is 26.3 Å².